The molecular weight excluding hydrogens is 380 g/mol. The summed E-state index contributed by atoms with van der Waals surface area (Å²) in [4.78, 5) is 24.9. The molecule has 3 rings (SSSR count). The fourth-order valence-corrected chi connectivity index (χ4v) is 3.95. The van der Waals surface area contributed by atoms with Crippen LogP contribution in [-0.2, 0) is 19.6 Å². The summed E-state index contributed by atoms with van der Waals surface area (Å²) in [6, 6.07) is 15.2. The predicted molar refractivity (Wildman–Crippen MR) is 106 cm³/mol. The maximum Gasteiger partial charge on any atom is 0.287 e. The Kier molecular flexibility index (Phi) is 5.74. The van der Waals surface area contributed by atoms with Crippen molar-refractivity contribution in [2.75, 3.05) is 18.4 Å². The summed E-state index contributed by atoms with van der Waals surface area (Å²) in [5.41, 5.74) is 1.02. The second kappa shape index (κ2) is 8.22. The van der Waals surface area contributed by atoms with Crippen molar-refractivity contribution in [3.05, 3.63) is 60.2 Å². The van der Waals surface area contributed by atoms with E-state index in [0.29, 0.717) is 6.54 Å². The number of hydrogen-bond donors (Lipinski definition) is 3. The molecular formula is C19H20N4O4S. The van der Waals surface area contributed by atoms with E-state index in [2.05, 4.69) is 20.3 Å². The van der Waals surface area contributed by atoms with Gasteiger partial charge in [-0.1, -0.05) is 42.5 Å². The molecule has 1 atom stereocenters. The number of hydrogen-bond acceptors (Lipinski definition) is 5. The van der Waals surface area contributed by atoms with Gasteiger partial charge >= 0.3 is 0 Å². The topological polar surface area (TPSA) is 117 Å². The fraction of sp³-hybridized carbons (Fsp3) is 0.211. The van der Waals surface area contributed by atoms with Crippen LogP contribution in [0.4, 0.5) is 5.69 Å². The maximum atomic E-state index is 12.5. The predicted octanol–water partition coefficient (Wildman–Crippen LogP) is 1.24. The molecule has 1 aliphatic heterocycles. The molecule has 1 unspecified atom stereocenters. The second-order valence-corrected chi connectivity index (χ2v) is 7.68. The Bertz CT molecular complexity index is 1020. The molecule has 2 aromatic rings. The van der Waals surface area contributed by atoms with Gasteiger partial charge in [-0.25, -0.2) is 0 Å². The molecule has 0 aromatic heterocycles. The number of rotatable bonds is 6. The third-order valence-electron chi connectivity index (χ3n) is 4.18. The lowest BCUT2D eigenvalue weighted by Crippen LogP contribution is -2.42. The van der Waals surface area contributed by atoms with Crippen LogP contribution in [0.15, 0.2) is 63.9 Å². The van der Waals surface area contributed by atoms with Gasteiger partial charge in [-0.2, -0.15) is 8.42 Å². The summed E-state index contributed by atoms with van der Waals surface area (Å²) in [6.45, 7) is 2.26. The lowest BCUT2D eigenvalue weighted by atomic mass is 9.98. The number of nitrogens with one attached hydrogen (secondary N) is 3. The SMILES string of the molecule is CCNC(=O)C(CNC(=O)C1=NS(=O)(=O)c2ccccc2N1)c1ccccc1. The Labute approximate surface area is 163 Å². The number of likely N-dealkylation sites (N-methyl/N-ethyl adjacent to an activating group) is 1. The zero-order valence-corrected chi connectivity index (χ0v) is 16.0. The summed E-state index contributed by atoms with van der Waals surface area (Å²) in [7, 11) is -3.97. The van der Waals surface area contributed by atoms with E-state index in [1.54, 1.807) is 42.5 Å². The molecule has 2 amide bonds. The van der Waals surface area contributed by atoms with Gasteiger partial charge in [0.15, 0.2) is 0 Å². The third kappa shape index (κ3) is 4.20. The minimum atomic E-state index is -3.97. The van der Waals surface area contributed by atoms with Crippen LogP contribution < -0.4 is 16.0 Å². The van der Waals surface area contributed by atoms with Crippen LogP contribution in [0.3, 0.4) is 0 Å². The molecule has 0 saturated heterocycles. The van der Waals surface area contributed by atoms with E-state index in [0.717, 1.165) is 5.56 Å². The van der Waals surface area contributed by atoms with Crippen LogP contribution in [0, 0.1) is 0 Å². The molecule has 8 nitrogen and oxygen atoms in total. The number of para-hydroxylation sites is 1. The molecule has 1 aliphatic rings. The molecule has 0 bridgehead atoms. The van der Waals surface area contributed by atoms with E-state index in [1.807, 2.05) is 13.0 Å². The van der Waals surface area contributed by atoms with Crippen molar-refractivity contribution in [3.8, 4) is 0 Å². The van der Waals surface area contributed by atoms with E-state index in [1.165, 1.54) is 6.07 Å². The number of fused-ring (bicyclic) bond motifs is 1. The fourth-order valence-electron chi connectivity index (χ4n) is 2.84. The molecule has 9 heteroatoms. The van der Waals surface area contributed by atoms with Crippen LogP contribution in [0.5, 0.6) is 0 Å². The second-order valence-electron chi connectivity index (χ2n) is 6.10. The number of carbonyl (C=O) groups is 2. The lowest BCUT2D eigenvalue weighted by molar-refractivity contribution is -0.122. The van der Waals surface area contributed by atoms with Gasteiger partial charge in [-0.3, -0.25) is 9.59 Å². The standard InChI is InChI=1S/C19H20N4O4S/c1-2-20-18(24)14(13-8-4-3-5-9-13)12-21-19(25)17-22-15-10-6-7-11-16(15)28(26,27)23-17/h3-11,14H,2,12H2,1H3,(H,20,24)(H,21,25)(H,22,23). The van der Waals surface area contributed by atoms with Gasteiger partial charge in [-0.15, -0.1) is 4.40 Å². The van der Waals surface area contributed by atoms with Crippen LogP contribution >= 0.6 is 0 Å². The number of sulfonamides is 1. The Hall–Kier alpha value is -3.20. The van der Waals surface area contributed by atoms with Crippen LogP contribution in [-0.4, -0.2) is 39.2 Å². The minimum absolute atomic E-state index is 0.00290. The largest absolute Gasteiger partial charge is 0.356 e. The minimum Gasteiger partial charge on any atom is -0.356 e. The normalized spacial score (nSPS) is 15.4. The summed E-state index contributed by atoms with van der Waals surface area (Å²) in [5, 5.41) is 8.07. The first-order chi connectivity index (χ1) is 13.4. The highest BCUT2D eigenvalue weighted by Gasteiger charge is 2.28. The molecule has 0 radical (unpaired) electrons. The highest BCUT2D eigenvalue weighted by Crippen LogP contribution is 2.26. The summed E-state index contributed by atoms with van der Waals surface area (Å²) in [5.74, 6) is -1.88. The van der Waals surface area contributed by atoms with E-state index in [-0.39, 0.29) is 28.9 Å². The van der Waals surface area contributed by atoms with E-state index < -0.39 is 21.8 Å². The van der Waals surface area contributed by atoms with E-state index in [4.69, 9.17) is 0 Å². The Balaban J connectivity index is 1.77. The molecule has 3 N–H and O–H groups in total. The van der Waals surface area contributed by atoms with Crippen molar-refractivity contribution in [2.24, 2.45) is 4.40 Å². The summed E-state index contributed by atoms with van der Waals surface area (Å²) < 4.78 is 28.1. The van der Waals surface area contributed by atoms with Gasteiger partial charge in [0.2, 0.25) is 11.7 Å². The van der Waals surface area contributed by atoms with Crippen LogP contribution in [0.2, 0.25) is 0 Å². The Morgan fingerprint density at radius 1 is 1.04 bits per heavy atom. The van der Waals surface area contributed by atoms with Crippen molar-refractivity contribution >= 4 is 33.4 Å². The highest BCUT2D eigenvalue weighted by molar-refractivity contribution is 7.90. The summed E-state index contributed by atoms with van der Waals surface area (Å²) in [6.07, 6.45) is 0. The molecule has 2 aromatic carbocycles. The number of benzene rings is 2. The molecule has 0 aliphatic carbocycles. The lowest BCUT2D eigenvalue weighted by Gasteiger charge is -2.20. The van der Waals surface area contributed by atoms with Gasteiger partial charge in [-0.05, 0) is 24.6 Å². The molecule has 28 heavy (non-hydrogen) atoms. The monoisotopic (exact) mass is 400 g/mol. The highest BCUT2D eigenvalue weighted by atomic mass is 32.2. The molecule has 0 spiro atoms. The average molecular weight is 400 g/mol. The van der Waals surface area contributed by atoms with E-state index >= 15 is 0 Å². The smallest absolute Gasteiger partial charge is 0.287 e. The van der Waals surface area contributed by atoms with Crippen LogP contribution in [0.25, 0.3) is 0 Å². The van der Waals surface area contributed by atoms with Crippen molar-refractivity contribution in [1.82, 2.24) is 10.6 Å². The Morgan fingerprint density at radius 2 is 1.71 bits per heavy atom. The quantitative estimate of drug-likeness (QED) is 0.674. The zero-order valence-electron chi connectivity index (χ0n) is 15.2. The third-order valence-corrected chi connectivity index (χ3v) is 5.52. The van der Waals surface area contributed by atoms with Gasteiger partial charge in [0, 0.05) is 13.1 Å². The van der Waals surface area contributed by atoms with Crippen molar-refractivity contribution < 1.29 is 18.0 Å². The van der Waals surface area contributed by atoms with Gasteiger partial charge < -0.3 is 16.0 Å². The van der Waals surface area contributed by atoms with Crippen LogP contribution in [0.1, 0.15) is 18.4 Å². The van der Waals surface area contributed by atoms with Crippen molar-refractivity contribution in [2.45, 2.75) is 17.7 Å². The Morgan fingerprint density at radius 3 is 2.43 bits per heavy atom. The van der Waals surface area contributed by atoms with Gasteiger partial charge in [0.25, 0.3) is 15.9 Å². The van der Waals surface area contributed by atoms with Gasteiger partial charge in [0.05, 0.1) is 11.6 Å². The number of amides is 2. The molecule has 0 saturated carbocycles. The summed E-state index contributed by atoms with van der Waals surface area (Å²) >= 11 is 0. The van der Waals surface area contributed by atoms with E-state index in [9.17, 15) is 18.0 Å². The number of carbonyl (C=O) groups excluding carboxylic acids is 2. The molecule has 146 valence electrons. The number of amidine groups is 1. The van der Waals surface area contributed by atoms with Crippen molar-refractivity contribution in [1.29, 1.82) is 0 Å². The zero-order chi connectivity index (χ0) is 20.1. The van der Waals surface area contributed by atoms with Crippen molar-refractivity contribution in [3.63, 3.8) is 0 Å². The first-order valence-electron chi connectivity index (χ1n) is 8.74. The van der Waals surface area contributed by atoms with Gasteiger partial charge in [0.1, 0.15) is 4.90 Å². The maximum absolute atomic E-state index is 12.5. The number of anilines is 1. The molecule has 0 fully saturated rings. The first-order valence-corrected chi connectivity index (χ1v) is 10.2. The average Bonchev–Trinajstić information content (AvgIpc) is 2.68. The molecule has 1 heterocycles. The number of nitrogens with zero attached hydrogens (tertiary/aromatic N) is 1. The first kappa shape index (κ1) is 19.6.